The van der Waals surface area contributed by atoms with Crippen LogP contribution in [0, 0.1) is 17.6 Å². The van der Waals surface area contributed by atoms with Crippen LogP contribution in [0.15, 0.2) is 48.5 Å². The molecule has 0 bridgehead atoms. The van der Waals surface area contributed by atoms with Crippen molar-refractivity contribution in [2.45, 2.75) is 38.6 Å². The molecular weight excluding hydrogens is 334 g/mol. The lowest BCUT2D eigenvalue weighted by atomic mass is 9.87. The molecule has 26 heavy (non-hydrogen) atoms. The second kappa shape index (κ2) is 9.43. The number of benzene rings is 2. The van der Waals surface area contributed by atoms with Gasteiger partial charge in [0.25, 0.3) is 0 Å². The number of hydrogen-bond acceptors (Lipinski definition) is 2. The molecule has 0 saturated carbocycles. The Morgan fingerprint density at radius 3 is 1.85 bits per heavy atom. The molecule has 1 amide bonds. The highest BCUT2D eigenvalue weighted by molar-refractivity contribution is 5.81. The zero-order valence-electron chi connectivity index (χ0n) is 15.2. The number of carbonyl (C=O) groups is 1. The molecule has 0 saturated heterocycles. The summed E-state index contributed by atoms with van der Waals surface area (Å²) in [4.78, 5) is 11.9. The van der Waals surface area contributed by atoms with E-state index in [1.807, 2.05) is 13.8 Å². The number of hydrogen-bond donors (Lipinski definition) is 2. The minimum absolute atomic E-state index is 0.00637. The van der Waals surface area contributed by atoms with E-state index in [-0.39, 0.29) is 29.4 Å². The Morgan fingerprint density at radius 1 is 0.962 bits per heavy atom. The number of halogens is 2. The van der Waals surface area contributed by atoms with Gasteiger partial charge in [-0.15, -0.1) is 0 Å². The second-order valence-corrected chi connectivity index (χ2v) is 6.86. The molecule has 2 aromatic carbocycles. The van der Waals surface area contributed by atoms with Gasteiger partial charge in [0.05, 0.1) is 6.04 Å². The molecule has 3 N–H and O–H groups in total. The lowest BCUT2D eigenvalue weighted by Crippen LogP contribution is -2.44. The quantitative estimate of drug-likeness (QED) is 0.700. The van der Waals surface area contributed by atoms with Crippen LogP contribution in [-0.2, 0) is 4.79 Å². The van der Waals surface area contributed by atoms with Gasteiger partial charge in [0, 0.05) is 12.5 Å². The molecule has 0 heterocycles. The number of carbonyl (C=O) groups excluding carboxylic acids is 1. The summed E-state index contributed by atoms with van der Waals surface area (Å²) in [6, 6.07) is 12.2. The molecule has 5 heteroatoms. The summed E-state index contributed by atoms with van der Waals surface area (Å²) in [6.07, 6.45) is 1.48. The third-order valence-corrected chi connectivity index (χ3v) is 4.53. The lowest BCUT2D eigenvalue weighted by Gasteiger charge is -2.19. The van der Waals surface area contributed by atoms with Crippen molar-refractivity contribution in [2.24, 2.45) is 11.7 Å². The third kappa shape index (κ3) is 5.63. The Hall–Kier alpha value is -2.27. The van der Waals surface area contributed by atoms with E-state index in [1.165, 1.54) is 24.3 Å². The monoisotopic (exact) mass is 360 g/mol. The number of nitrogens with two attached hydrogens (primary N) is 1. The molecule has 1 atom stereocenters. The van der Waals surface area contributed by atoms with Gasteiger partial charge in [0.15, 0.2) is 0 Å². The molecule has 3 nitrogen and oxygen atoms in total. The number of amides is 1. The van der Waals surface area contributed by atoms with Gasteiger partial charge in [-0.2, -0.15) is 0 Å². The van der Waals surface area contributed by atoms with Crippen LogP contribution in [0.25, 0.3) is 0 Å². The van der Waals surface area contributed by atoms with E-state index in [2.05, 4.69) is 5.32 Å². The van der Waals surface area contributed by atoms with Gasteiger partial charge in [-0.1, -0.05) is 38.1 Å². The van der Waals surface area contributed by atoms with Crippen molar-refractivity contribution in [3.63, 3.8) is 0 Å². The minimum Gasteiger partial charge on any atom is -0.355 e. The van der Waals surface area contributed by atoms with Gasteiger partial charge in [0.1, 0.15) is 11.6 Å². The zero-order chi connectivity index (χ0) is 19.1. The Balaban J connectivity index is 2.02. The Labute approximate surface area is 153 Å². The molecule has 2 rings (SSSR count). The van der Waals surface area contributed by atoms with E-state index in [4.69, 9.17) is 5.73 Å². The maximum atomic E-state index is 13.2. The van der Waals surface area contributed by atoms with E-state index in [1.54, 1.807) is 24.3 Å². The van der Waals surface area contributed by atoms with E-state index >= 15 is 0 Å². The van der Waals surface area contributed by atoms with Crippen molar-refractivity contribution in [3.8, 4) is 0 Å². The van der Waals surface area contributed by atoms with Crippen molar-refractivity contribution in [3.05, 3.63) is 71.3 Å². The number of nitrogens with one attached hydrogen (secondary N) is 1. The summed E-state index contributed by atoms with van der Waals surface area (Å²) in [5.41, 5.74) is 7.75. The maximum absolute atomic E-state index is 13.2. The second-order valence-electron chi connectivity index (χ2n) is 6.86. The van der Waals surface area contributed by atoms with E-state index < -0.39 is 6.04 Å². The molecule has 0 spiro atoms. The third-order valence-electron chi connectivity index (χ3n) is 4.53. The molecule has 140 valence electrons. The fourth-order valence-electron chi connectivity index (χ4n) is 2.85. The van der Waals surface area contributed by atoms with Crippen molar-refractivity contribution >= 4 is 5.91 Å². The molecule has 0 aliphatic rings. The van der Waals surface area contributed by atoms with E-state index in [0.29, 0.717) is 6.54 Å². The molecule has 1 unspecified atom stereocenters. The zero-order valence-corrected chi connectivity index (χ0v) is 15.2. The van der Waals surface area contributed by atoms with Crippen molar-refractivity contribution in [1.82, 2.24) is 5.32 Å². The Bertz CT molecular complexity index is 653. The van der Waals surface area contributed by atoms with Gasteiger partial charge in [-0.3, -0.25) is 4.79 Å². The van der Waals surface area contributed by atoms with Crippen LogP contribution < -0.4 is 11.1 Å². The van der Waals surface area contributed by atoms with Gasteiger partial charge in [-0.25, -0.2) is 8.78 Å². The van der Waals surface area contributed by atoms with Crippen LogP contribution in [0.3, 0.4) is 0 Å². The normalized spacial score (nSPS) is 12.4. The summed E-state index contributed by atoms with van der Waals surface area (Å²) in [5.74, 6) is -0.642. The van der Waals surface area contributed by atoms with Crippen molar-refractivity contribution in [1.29, 1.82) is 0 Å². The van der Waals surface area contributed by atoms with Crippen LogP contribution in [0.5, 0.6) is 0 Å². The highest BCUT2D eigenvalue weighted by Gasteiger charge is 2.18. The molecule has 0 aromatic heterocycles. The molecular formula is C21H26F2N2O. The van der Waals surface area contributed by atoms with Crippen molar-refractivity contribution < 1.29 is 13.6 Å². The molecule has 0 aliphatic carbocycles. The summed E-state index contributed by atoms with van der Waals surface area (Å²) >= 11 is 0. The Morgan fingerprint density at radius 2 is 1.42 bits per heavy atom. The fourth-order valence-corrected chi connectivity index (χ4v) is 2.85. The van der Waals surface area contributed by atoms with Crippen LogP contribution in [-0.4, -0.2) is 18.5 Å². The highest BCUT2D eigenvalue weighted by atomic mass is 19.1. The summed E-state index contributed by atoms with van der Waals surface area (Å²) in [5, 5.41) is 2.86. The molecule has 0 aliphatic heterocycles. The summed E-state index contributed by atoms with van der Waals surface area (Å²) in [7, 11) is 0. The van der Waals surface area contributed by atoms with Crippen molar-refractivity contribution in [2.75, 3.05) is 6.54 Å². The van der Waals surface area contributed by atoms with E-state index in [9.17, 15) is 13.6 Å². The first kappa shape index (κ1) is 20.0. The van der Waals surface area contributed by atoms with Gasteiger partial charge in [-0.05, 0) is 54.2 Å². The van der Waals surface area contributed by atoms with Gasteiger partial charge >= 0.3 is 0 Å². The van der Waals surface area contributed by atoms with Crippen LogP contribution >= 0.6 is 0 Å². The topological polar surface area (TPSA) is 55.1 Å². The minimum atomic E-state index is -0.514. The van der Waals surface area contributed by atoms with E-state index in [0.717, 1.165) is 24.0 Å². The predicted octanol–water partition coefficient (Wildman–Crippen LogP) is 3.98. The first-order valence-electron chi connectivity index (χ1n) is 8.92. The fraction of sp³-hybridized carbons (Fsp3) is 0.381. The standard InChI is InChI=1S/C21H26F2N2O/c1-14(2)20(24)21(26)25-13-3-4-19(15-5-9-17(22)10-6-15)16-7-11-18(23)12-8-16/h5-12,14,19-20H,3-4,13,24H2,1-2H3,(H,25,26). The first-order chi connectivity index (χ1) is 12.4. The van der Waals surface area contributed by atoms with Crippen LogP contribution in [0.4, 0.5) is 8.78 Å². The first-order valence-corrected chi connectivity index (χ1v) is 8.92. The number of rotatable bonds is 8. The SMILES string of the molecule is CC(C)C(N)C(=O)NCCCC(c1ccc(F)cc1)c1ccc(F)cc1. The Kier molecular flexibility index (Phi) is 7.27. The predicted molar refractivity (Wildman–Crippen MR) is 99.7 cm³/mol. The molecule has 2 aromatic rings. The summed E-state index contributed by atoms with van der Waals surface area (Å²) < 4.78 is 26.5. The maximum Gasteiger partial charge on any atom is 0.237 e. The lowest BCUT2D eigenvalue weighted by molar-refractivity contribution is -0.123. The summed E-state index contributed by atoms with van der Waals surface area (Å²) in [6.45, 7) is 4.32. The smallest absolute Gasteiger partial charge is 0.237 e. The molecule has 0 radical (unpaired) electrons. The van der Waals surface area contributed by atoms with Gasteiger partial charge < -0.3 is 11.1 Å². The van der Waals surface area contributed by atoms with Gasteiger partial charge in [0.2, 0.25) is 5.91 Å². The average molecular weight is 360 g/mol. The van der Waals surface area contributed by atoms with Crippen LogP contribution in [0.2, 0.25) is 0 Å². The van der Waals surface area contributed by atoms with Crippen LogP contribution in [0.1, 0.15) is 43.7 Å². The molecule has 0 fully saturated rings. The average Bonchev–Trinajstić information content (AvgIpc) is 2.63. The highest BCUT2D eigenvalue weighted by Crippen LogP contribution is 2.29. The largest absolute Gasteiger partial charge is 0.355 e.